The molecule has 0 amide bonds. The van der Waals surface area contributed by atoms with Gasteiger partial charge in [-0.3, -0.25) is 9.59 Å². The van der Waals surface area contributed by atoms with Crippen LogP contribution >= 0.6 is 46.0 Å². The molecule has 6 nitrogen and oxygen atoms in total. The van der Waals surface area contributed by atoms with E-state index in [0.717, 1.165) is 19.1 Å². The second kappa shape index (κ2) is 22.1. The second-order valence-corrected chi connectivity index (χ2v) is 17.0. The summed E-state index contributed by atoms with van der Waals surface area (Å²) in [6.07, 6.45) is -7.82. The predicted molar refractivity (Wildman–Crippen MR) is 199 cm³/mol. The molecule has 0 aliphatic heterocycles. The molecular formula is C36H44Br3CuF10O6. The standard InChI is InChI=1S/C18H22BrF5O3.C11H11F3O.C7H11BrF2O2.BrH.Cu/c1-15(2,14(25)27-10-16(3,20)21)9-13(19)11-5-7-12(8-6-11)17(4,26)18(22,23)24;1-3-8-4-6-9(7-5-8)10(2,15)11(12,13)14;1-6(2,8)5(11)12-4-7(3,9)10;;/h5-8,13,26H,9-10H2,1-4H3;3-7,15H,1H2,2H3;4H2,1-3H3;1H;/q;;;;+1/p-1. The topological polar surface area (TPSA) is 93.1 Å². The Morgan fingerprint density at radius 2 is 1.00 bits per heavy atom. The Labute approximate surface area is 351 Å². The third kappa shape index (κ3) is 19.8. The van der Waals surface area contributed by atoms with Crippen molar-refractivity contribution in [3.8, 4) is 0 Å². The van der Waals surface area contributed by atoms with E-state index in [1.807, 2.05) is 0 Å². The molecule has 0 spiro atoms. The number of hydrogen-bond donors (Lipinski definition) is 2. The molecule has 0 saturated carbocycles. The molecule has 0 aliphatic carbocycles. The van der Waals surface area contributed by atoms with Gasteiger partial charge in [0.2, 0.25) is 0 Å². The van der Waals surface area contributed by atoms with Crippen molar-refractivity contribution < 1.29 is 87.4 Å². The first-order valence-electron chi connectivity index (χ1n) is 15.8. The Morgan fingerprint density at radius 1 is 0.679 bits per heavy atom. The van der Waals surface area contributed by atoms with Crippen molar-refractivity contribution in [2.75, 3.05) is 13.2 Å². The van der Waals surface area contributed by atoms with E-state index >= 15 is 0 Å². The molecule has 3 unspecified atom stereocenters. The number of benzene rings is 2. The van der Waals surface area contributed by atoms with Gasteiger partial charge in [0.1, 0.15) is 4.32 Å². The van der Waals surface area contributed by atoms with Gasteiger partial charge in [-0.25, -0.2) is 17.6 Å². The first-order valence-corrected chi connectivity index (χ1v) is 19.9. The molecule has 2 N–H and O–H groups in total. The predicted octanol–water partition coefficient (Wildman–Crippen LogP) is 11.8. The second-order valence-electron chi connectivity index (χ2n) is 13.9. The fourth-order valence-electron chi connectivity index (χ4n) is 3.69. The fraction of sp³-hybridized carbons (Fsp3) is 0.556. The number of carbonyl (C=O) groups is 2. The molecule has 0 fully saturated rings. The first-order chi connectivity index (χ1) is 24.9. The monoisotopic (exact) mass is 1060 g/mol. The van der Waals surface area contributed by atoms with Crippen molar-refractivity contribution in [1.29, 1.82) is 0 Å². The van der Waals surface area contributed by atoms with E-state index < -0.39 is 75.1 Å². The van der Waals surface area contributed by atoms with Crippen LogP contribution in [0.1, 0.15) is 88.9 Å². The minimum atomic E-state index is -4.82. The third-order valence-electron chi connectivity index (χ3n) is 7.29. The molecule has 0 bridgehead atoms. The fourth-order valence-corrected chi connectivity index (χ4v) is 4.92. The van der Waals surface area contributed by atoms with Crippen molar-refractivity contribution in [3.63, 3.8) is 0 Å². The van der Waals surface area contributed by atoms with E-state index in [1.165, 1.54) is 70.2 Å². The Morgan fingerprint density at radius 3 is 1.29 bits per heavy atom. The molecule has 2 rings (SSSR count). The summed E-state index contributed by atoms with van der Waals surface area (Å²) in [4.78, 5) is 22.5. The molecule has 2 aromatic carbocycles. The van der Waals surface area contributed by atoms with Crippen LogP contribution in [0.5, 0.6) is 0 Å². The van der Waals surface area contributed by atoms with Crippen LogP contribution in [-0.4, -0.2) is 63.9 Å². The minimum absolute atomic E-state index is 0.163. The van der Waals surface area contributed by atoms with Crippen LogP contribution in [0.15, 0.2) is 55.1 Å². The zero-order valence-electron chi connectivity index (χ0n) is 31.3. The zero-order chi connectivity index (χ0) is 44.9. The molecule has 326 valence electrons. The summed E-state index contributed by atoms with van der Waals surface area (Å²) in [6.45, 7) is 10.4. The molecule has 2 aromatic rings. The van der Waals surface area contributed by atoms with E-state index in [9.17, 15) is 63.7 Å². The maximum atomic E-state index is 12.9. The molecule has 0 radical (unpaired) electrons. The number of aliphatic hydroxyl groups is 2. The van der Waals surface area contributed by atoms with Crippen LogP contribution in [0.3, 0.4) is 0 Å². The number of hydrogen-bond acceptors (Lipinski definition) is 6. The van der Waals surface area contributed by atoms with Crippen LogP contribution in [0, 0.1) is 5.41 Å². The van der Waals surface area contributed by atoms with Crippen LogP contribution in [0.2, 0.25) is 0 Å². The number of rotatable bonds is 12. The summed E-state index contributed by atoms with van der Waals surface area (Å²) in [5.41, 5.74) is -6.12. The van der Waals surface area contributed by atoms with Gasteiger partial charge in [-0.1, -0.05) is 93.0 Å². The summed E-state index contributed by atoms with van der Waals surface area (Å²) in [5.74, 6) is -7.59. The van der Waals surface area contributed by atoms with Crippen molar-refractivity contribution in [1.82, 2.24) is 0 Å². The summed E-state index contributed by atoms with van der Waals surface area (Å²) in [7, 11) is 0. The van der Waals surface area contributed by atoms with Crippen molar-refractivity contribution >= 4 is 64.0 Å². The summed E-state index contributed by atoms with van der Waals surface area (Å²) in [6, 6.07) is 10.5. The van der Waals surface area contributed by atoms with Crippen molar-refractivity contribution in [2.45, 2.75) is 106 Å². The molecule has 20 heteroatoms. The average molecular weight is 1070 g/mol. The first kappa shape index (κ1) is 56.4. The normalized spacial score (nSPS) is 15.1. The molecule has 3 atom stereocenters. The number of halogens is 13. The molecule has 0 aliphatic rings. The molecule has 0 saturated heterocycles. The molecule has 0 aromatic heterocycles. The SMILES string of the molecule is C=Cc1ccc(C(C)(O)C(F)(F)F)cc1.CC(F)(F)COC(=O)C(C)(C)Br.CC(F)(F)COC(=O)C(C)(C)CC(Br)c1ccc(C(C)(O)C(F)(F)F)cc1.[Cu][Br]. The van der Waals surface area contributed by atoms with E-state index in [0.29, 0.717) is 31.9 Å². The van der Waals surface area contributed by atoms with Gasteiger partial charge >= 0.3 is 52.6 Å². The number of carbonyl (C=O) groups excluding carboxylic acids is 2. The van der Waals surface area contributed by atoms with E-state index in [2.05, 4.69) is 76.2 Å². The number of alkyl halides is 12. The van der Waals surface area contributed by atoms with Gasteiger partial charge < -0.3 is 19.7 Å². The van der Waals surface area contributed by atoms with Gasteiger partial charge in [0.25, 0.3) is 11.8 Å². The van der Waals surface area contributed by atoms with E-state index in [4.69, 9.17) is 0 Å². The molecular weight excluding hydrogens is 1020 g/mol. The van der Waals surface area contributed by atoms with Crippen LogP contribution < -0.4 is 0 Å². The van der Waals surface area contributed by atoms with Crippen molar-refractivity contribution in [3.05, 3.63) is 77.4 Å². The zero-order valence-corrected chi connectivity index (χ0v) is 37.0. The van der Waals surface area contributed by atoms with Gasteiger partial charge in [-0.2, -0.15) is 26.3 Å². The average Bonchev–Trinajstić information content (AvgIpc) is 3.05. The number of esters is 2. The Kier molecular flexibility index (Phi) is 22.2. The third-order valence-corrected chi connectivity index (χ3v) is 8.46. The number of ether oxygens (including phenoxy) is 2. The van der Waals surface area contributed by atoms with Gasteiger partial charge in [0.15, 0.2) is 24.4 Å². The van der Waals surface area contributed by atoms with Crippen LogP contribution in [-0.2, 0) is 44.5 Å². The quantitative estimate of drug-likeness (QED) is 0.0952. The van der Waals surface area contributed by atoms with Gasteiger partial charge in [0, 0.05) is 18.7 Å². The van der Waals surface area contributed by atoms with Crippen molar-refractivity contribution in [2.24, 2.45) is 5.41 Å². The molecule has 56 heavy (non-hydrogen) atoms. The van der Waals surface area contributed by atoms with Gasteiger partial charge in [-0.05, 0) is 70.2 Å². The molecule has 0 heterocycles. The summed E-state index contributed by atoms with van der Waals surface area (Å²) in [5, 5.41) is 19.0. The van der Waals surface area contributed by atoms with Crippen LogP contribution in [0.4, 0.5) is 43.9 Å². The van der Waals surface area contributed by atoms with Gasteiger partial charge in [-0.15, -0.1) is 0 Å². The Hall–Kier alpha value is -1.70. The summed E-state index contributed by atoms with van der Waals surface area (Å²) >= 11 is 12.8. The Balaban J connectivity index is 0. The maximum absolute atomic E-state index is 12.9. The summed E-state index contributed by atoms with van der Waals surface area (Å²) < 4.78 is 134. The van der Waals surface area contributed by atoms with Gasteiger partial charge in [0.05, 0.1) is 5.41 Å². The Bertz CT molecular complexity index is 1520. The van der Waals surface area contributed by atoms with Crippen LogP contribution in [0.25, 0.3) is 6.08 Å². The van der Waals surface area contributed by atoms with E-state index in [-0.39, 0.29) is 17.5 Å². The van der Waals surface area contributed by atoms with E-state index in [1.54, 1.807) is 0 Å².